The molecule has 4 heterocycles. The van der Waals surface area contributed by atoms with E-state index in [1.165, 1.54) is 13.0 Å². The van der Waals surface area contributed by atoms with Gasteiger partial charge in [0.1, 0.15) is 0 Å². The number of halogens is 3. The molecule has 1 aromatic carbocycles. The number of fused-ring (bicyclic) bond motifs is 1. The van der Waals surface area contributed by atoms with Crippen LogP contribution in [-0.2, 0) is 28.7 Å². The molecule has 0 radical (unpaired) electrons. The molecule has 1 amide bonds. The number of amides is 1. The smallest absolute Gasteiger partial charge is 0.396 e. The highest BCUT2D eigenvalue weighted by Gasteiger charge is 2.33. The molecule has 0 unspecified atom stereocenters. The van der Waals surface area contributed by atoms with Crippen LogP contribution in [0.4, 0.5) is 24.7 Å². The molecule has 2 saturated heterocycles. The van der Waals surface area contributed by atoms with E-state index >= 15 is 0 Å². The molecule has 2 fully saturated rings. The predicted molar refractivity (Wildman–Crippen MR) is 143 cm³/mol. The van der Waals surface area contributed by atoms with Crippen LogP contribution in [0.2, 0.25) is 0 Å². The summed E-state index contributed by atoms with van der Waals surface area (Å²) in [6.45, 7) is 4.78. The van der Waals surface area contributed by atoms with Crippen LogP contribution in [0.25, 0.3) is 5.65 Å². The maximum absolute atomic E-state index is 13.6. The van der Waals surface area contributed by atoms with Crippen LogP contribution in [-0.4, -0.2) is 59.4 Å². The highest BCUT2D eigenvalue weighted by Crippen LogP contribution is 2.34. The minimum Gasteiger partial charge on any atom is -0.396 e. The molecular weight excluding hydrogens is 519 g/mol. The molecule has 3 aromatic rings. The molecule has 0 spiro atoms. The zero-order chi connectivity index (χ0) is 26.2. The lowest BCUT2D eigenvalue weighted by Gasteiger charge is -2.27. The molecule has 2 aliphatic heterocycles. The number of anilines is 2. The Hall–Kier alpha value is -3.03. The summed E-state index contributed by atoms with van der Waals surface area (Å²) in [5, 5.41) is 10.9. The molecule has 0 saturated carbocycles. The predicted octanol–water partition coefficient (Wildman–Crippen LogP) is 2.55. The first-order chi connectivity index (χ1) is 17.7. The van der Waals surface area contributed by atoms with Crippen molar-refractivity contribution < 1.29 is 22.7 Å². The third-order valence-corrected chi connectivity index (χ3v) is 7.03. The molecular formula is C25H32F3N7O2S. The van der Waals surface area contributed by atoms with E-state index in [0.717, 1.165) is 25.5 Å². The van der Waals surface area contributed by atoms with Gasteiger partial charge in [-0.05, 0) is 43.5 Å². The van der Waals surface area contributed by atoms with Gasteiger partial charge in [0, 0.05) is 25.6 Å². The van der Waals surface area contributed by atoms with E-state index in [0.29, 0.717) is 60.4 Å². The lowest BCUT2D eigenvalue weighted by molar-refractivity contribution is -0.138. The second kappa shape index (κ2) is 11.4. The Balaban J connectivity index is 0.00000336. The van der Waals surface area contributed by atoms with Crippen LogP contribution in [0.3, 0.4) is 0 Å². The Morgan fingerprint density at radius 3 is 2.74 bits per heavy atom. The molecule has 9 nitrogen and oxygen atoms in total. The second-order valence-corrected chi connectivity index (χ2v) is 9.43. The van der Waals surface area contributed by atoms with Crippen LogP contribution in [0, 0.1) is 6.92 Å². The fraction of sp³-hybridized carbons (Fsp3) is 0.480. The van der Waals surface area contributed by atoms with Crippen molar-refractivity contribution in [1.29, 1.82) is 0 Å². The number of aromatic nitrogens is 3. The lowest BCUT2D eigenvalue weighted by atomic mass is 9.98. The summed E-state index contributed by atoms with van der Waals surface area (Å²) >= 11 is 0. The first-order valence-corrected chi connectivity index (χ1v) is 12.4. The number of nitrogens with two attached hydrogens (primary N) is 1. The van der Waals surface area contributed by atoms with E-state index in [1.807, 2.05) is 4.90 Å². The molecule has 206 valence electrons. The van der Waals surface area contributed by atoms with Crippen LogP contribution < -0.4 is 21.3 Å². The Morgan fingerprint density at radius 1 is 1.29 bits per heavy atom. The summed E-state index contributed by atoms with van der Waals surface area (Å²) in [7, 11) is 0. The number of nitrogens with one attached hydrogen (secondary N) is 2. The zero-order valence-corrected chi connectivity index (χ0v) is 22.1. The number of morpholine rings is 1. The van der Waals surface area contributed by atoms with Gasteiger partial charge in [-0.15, -0.1) is 5.10 Å². The fourth-order valence-electron chi connectivity index (χ4n) is 4.95. The van der Waals surface area contributed by atoms with E-state index in [4.69, 9.17) is 15.6 Å². The molecule has 0 bridgehead atoms. The second-order valence-electron chi connectivity index (χ2n) is 9.43. The number of rotatable bonds is 6. The average Bonchev–Trinajstić information content (AvgIpc) is 3.53. The van der Waals surface area contributed by atoms with Crippen molar-refractivity contribution in [1.82, 2.24) is 25.2 Å². The van der Waals surface area contributed by atoms with Crippen molar-refractivity contribution >= 4 is 36.6 Å². The van der Waals surface area contributed by atoms with Crippen molar-refractivity contribution in [3.63, 3.8) is 0 Å². The van der Waals surface area contributed by atoms with Crippen LogP contribution in [0.5, 0.6) is 0 Å². The van der Waals surface area contributed by atoms with Gasteiger partial charge in [0.25, 0.3) is 0 Å². The number of hydrogen-bond donors (Lipinski definition) is 3. The normalized spacial score (nSPS) is 18.0. The summed E-state index contributed by atoms with van der Waals surface area (Å²) < 4.78 is 47.8. The Morgan fingerprint density at radius 2 is 2.05 bits per heavy atom. The molecule has 0 aliphatic carbocycles. The Kier molecular flexibility index (Phi) is 8.38. The number of carbonyl (C=O) groups is 1. The molecule has 38 heavy (non-hydrogen) atoms. The van der Waals surface area contributed by atoms with Crippen LogP contribution in [0.1, 0.15) is 40.9 Å². The van der Waals surface area contributed by atoms with Gasteiger partial charge in [-0.2, -0.15) is 26.7 Å². The number of hydrogen-bond acceptors (Lipinski definition) is 7. The van der Waals surface area contributed by atoms with Gasteiger partial charge in [-0.3, -0.25) is 4.79 Å². The summed E-state index contributed by atoms with van der Waals surface area (Å²) in [5.74, 6) is 0.504. The van der Waals surface area contributed by atoms with Gasteiger partial charge in [0.05, 0.1) is 48.4 Å². The van der Waals surface area contributed by atoms with Crippen molar-refractivity contribution in [2.45, 2.75) is 44.9 Å². The number of ether oxygens (including phenoxy) is 1. The highest BCUT2D eigenvalue weighted by molar-refractivity contribution is 7.59. The lowest BCUT2D eigenvalue weighted by Crippen LogP contribution is -2.40. The molecule has 5 rings (SSSR count). The van der Waals surface area contributed by atoms with Crippen molar-refractivity contribution in [2.75, 3.05) is 43.5 Å². The van der Waals surface area contributed by atoms with E-state index < -0.39 is 11.7 Å². The summed E-state index contributed by atoms with van der Waals surface area (Å²) in [5.41, 5.74) is 8.24. The van der Waals surface area contributed by atoms with Gasteiger partial charge < -0.3 is 26.0 Å². The van der Waals surface area contributed by atoms with Gasteiger partial charge >= 0.3 is 6.18 Å². The minimum atomic E-state index is -4.46. The van der Waals surface area contributed by atoms with Gasteiger partial charge in [-0.25, -0.2) is 9.50 Å². The largest absolute Gasteiger partial charge is 0.416 e. The quantitative estimate of drug-likeness (QED) is 0.432. The molecule has 2 aliphatic rings. The summed E-state index contributed by atoms with van der Waals surface area (Å²) in [4.78, 5) is 19.4. The first kappa shape index (κ1) is 28.0. The van der Waals surface area contributed by atoms with Gasteiger partial charge in [0.15, 0.2) is 11.5 Å². The van der Waals surface area contributed by atoms with Crippen molar-refractivity contribution in [3.05, 3.63) is 52.3 Å². The van der Waals surface area contributed by atoms with Crippen molar-refractivity contribution in [3.8, 4) is 0 Å². The topological polar surface area (TPSA) is 110 Å². The summed E-state index contributed by atoms with van der Waals surface area (Å²) in [6.07, 6.45) is -2.64. The Bertz CT molecular complexity index is 1300. The van der Waals surface area contributed by atoms with Gasteiger partial charge in [-0.1, -0.05) is 12.1 Å². The molecule has 2 aromatic heterocycles. The minimum absolute atomic E-state index is 0. The highest BCUT2D eigenvalue weighted by atomic mass is 32.1. The van der Waals surface area contributed by atoms with Gasteiger partial charge in [0.2, 0.25) is 5.91 Å². The van der Waals surface area contributed by atoms with Crippen LogP contribution >= 0.6 is 13.5 Å². The average molecular weight is 552 g/mol. The first-order valence-electron chi connectivity index (χ1n) is 12.4. The third kappa shape index (κ3) is 5.69. The number of nitrogen functional groups attached to an aromatic ring is 1. The fourth-order valence-corrected chi connectivity index (χ4v) is 4.95. The number of alkyl halides is 3. The van der Waals surface area contributed by atoms with Crippen LogP contribution in [0.15, 0.2) is 24.3 Å². The van der Waals surface area contributed by atoms with Crippen molar-refractivity contribution in [2.24, 2.45) is 0 Å². The van der Waals surface area contributed by atoms with E-state index in [-0.39, 0.29) is 44.0 Å². The maximum atomic E-state index is 13.6. The van der Waals surface area contributed by atoms with E-state index in [9.17, 15) is 18.0 Å². The molecule has 13 heteroatoms. The SMILES string of the molecule is Cc1c(Cc2c(CNC(=O)[C@@H]3CCCN3)nc3c(N)cc(N4CCOCC4)nn23)cccc1C(F)(F)F.S. The Labute approximate surface area is 225 Å². The number of benzene rings is 1. The van der Waals surface area contributed by atoms with E-state index in [1.54, 1.807) is 16.6 Å². The standard InChI is InChI=1S/C25H30F3N7O2.H2S/c1-15-16(4-2-5-17(15)25(26,27)28)12-21-20(14-31-24(36)19-6-3-7-30-19)32-23-18(29)13-22(33-35(21)23)34-8-10-37-11-9-34;/h2,4-5,13,19,30H,3,6-12,14,29H2,1H3,(H,31,36);1H2/t19-;/m0./s1. The monoisotopic (exact) mass is 551 g/mol. The zero-order valence-electron chi connectivity index (χ0n) is 21.1. The maximum Gasteiger partial charge on any atom is 0.416 e. The number of nitrogens with zero attached hydrogens (tertiary/aromatic N) is 4. The number of imidazole rings is 1. The van der Waals surface area contributed by atoms with E-state index in [2.05, 4.69) is 15.6 Å². The molecule has 1 atom stereocenters. The number of carbonyl (C=O) groups excluding carboxylic acids is 1. The third-order valence-electron chi connectivity index (χ3n) is 7.03. The molecule has 4 N–H and O–H groups in total. The summed E-state index contributed by atoms with van der Waals surface area (Å²) in [6, 6.07) is 5.64.